The second-order valence-corrected chi connectivity index (χ2v) is 2.42. The molecule has 0 bridgehead atoms. The van der Waals surface area contributed by atoms with Crippen molar-refractivity contribution in [1.82, 2.24) is 5.32 Å². The molecule has 0 saturated heterocycles. The Morgan fingerprint density at radius 2 is 2.09 bits per heavy atom. The summed E-state index contributed by atoms with van der Waals surface area (Å²) in [5.74, 6) is 2.83. The zero-order chi connectivity index (χ0) is 8.74. The van der Waals surface area contributed by atoms with Gasteiger partial charge in [-0.25, -0.2) is 8.78 Å². The first-order valence-electron chi connectivity index (χ1n) is 3.54. The van der Waals surface area contributed by atoms with Crippen LogP contribution in [-0.4, -0.2) is 19.0 Å². The molecule has 0 atom stereocenters. The van der Waals surface area contributed by atoms with Crippen LogP contribution in [0.2, 0.25) is 0 Å². The second kappa shape index (κ2) is 5.09. The summed E-state index contributed by atoms with van der Waals surface area (Å²) in [7, 11) is 0. The van der Waals surface area contributed by atoms with Crippen molar-refractivity contribution in [2.75, 3.05) is 13.1 Å². The van der Waals surface area contributed by atoms with Gasteiger partial charge < -0.3 is 5.32 Å². The van der Waals surface area contributed by atoms with E-state index in [1.54, 1.807) is 6.92 Å². The second-order valence-electron chi connectivity index (χ2n) is 2.42. The number of rotatable bonds is 4. The molecule has 0 unspecified atom stereocenters. The van der Waals surface area contributed by atoms with Crippen LogP contribution in [0.4, 0.5) is 8.78 Å². The lowest BCUT2D eigenvalue weighted by Gasteiger charge is -2.08. The topological polar surface area (TPSA) is 12.0 Å². The minimum Gasteiger partial charge on any atom is -0.306 e. The van der Waals surface area contributed by atoms with Crippen molar-refractivity contribution in [3.8, 4) is 11.8 Å². The van der Waals surface area contributed by atoms with E-state index in [1.165, 1.54) is 0 Å². The number of nitrogens with one attached hydrogen (secondary N) is 1. The highest BCUT2D eigenvalue weighted by Crippen LogP contribution is 2.14. The molecule has 0 aromatic carbocycles. The van der Waals surface area contributed by atoms with E-state index in [4.69, 9.17) is 0 Å². The summed E-state index contributed by atoms with van der Waals surface area (Å²) in [6.07, 6.45) is -0.127. The Morgan fingerprint density at radius 1 is 1.45 bits per heavy atom. The monoisotopic (exact) mass is 161 g/mol. The highest BCUT2D eigenvalue weighted by Gasteiger charge is 2.19. The van der Waals surface area contributed by atoms with Crippen molar-refractivity contribution >= 4 is 0 Å². The van der Waals surface area contributed by atoms with Gasteiger partial charge in [0.25, 0.3) is 0 Å². The smallest absolute Gasteiger partial charge is 0.246 e. The Morgan fingerprint density at radius 3 is 2.55 bits per heavy atom. The summed E-state index contributed by atoms with van der Waals surface area (Å²) in [6.45, 7) is 3.45. The van der Waals surface area contributed by atoms with Crippen LogP contribution < -0.4 is 5.32 Å². The summed E-state index contributed by atoms with van der Waals surface area (Å²) in [6, 6.07) is 0. The summed E-state index contributed by atoms with van der Waals surface area (Å²) < 4.78 is 24.3. The van der Waals surface area contributed by atoms with E-state index >= 15 is 0 Å². The van der Waals surface area contributed by atoms with E-state index in [2.05, 4.69) is 17.2 Å². The van der Waals surface area contributed by atoms with Crippen LogP contribution in [0.5, 0.6) is 0 Å². The lowest BCUT2D eigenvalue weighted by atomic mass is 10.3. The molecule has 0 aliphatic heterocycles. The van der Waals surface area contributed by atoms with Gasteiger partial charge >= 0.3 is 0 Å². The molecule has 0 aliphatic carbocycles. The summed E-state index contributed by atoms with van der Waals surface area (Å²) in [5.41, 5.74) is 0. The molecule has 0 heterocycles. The predicted molar refractivity (Wildman–Crippen MR) is 41.6 cm³/mol. The largest absolute Gasteiger partial charge is 0.306 e. The molecule has 0 radical (unpaired) electrons. The molecule has 0 spiro atoms. The fraction of sp³-hybridized carbons (Fsp3) is 0.750. The van der Waals surface area contributed by atoms with Gasteiger partial charge in [0.15, 0.2) is 0 Å². The summed E-state index contributed by atoms with van der Waals surface area (Å²) in [4.78, 5) is 0. The minimum absolute atomic E-state index is 0.127. The molecule has 0 aromatic rings. The molecule has 0 amide bonds. The van der Waals surface area contributed by atoms with Gasteiger partial charge in [-0.2, -0.15) is 0 Å². The van der Waals surface area contributed by atoms with Crippen LogP contribution in [0.25, 0.3) is 0 Å². The molecule has 1 N–H and O–H groups in total. The first-order valence-corrected chi connectivity index (χ1v) is 3.54. The van der Waals surface area contributed by atoms with Crippen molar-refractivity contribution in [2.45, 2.75) is 26.2 Å². The van der Waals surface area contributed by atoms with E-state index in [9.17, 15) is 8.78 Å². The van der Waals surface area contributed by atoms with E-state index < -0.39 is 5.92 Å². The molecule has 0 rings (SSSR count). The fourth-order valence-electron chi connectivity index (χ4n) is 0.547. The van der Waals surface area contributed by atoms with Crippen LogP contribution in [-0.2, 0) is 0 Å². The van der Waals surface area contributed by atoms with Crippen molar-refractivity contribution < 1.29 is 8.78 Å². The summed E-state index contributed by atoms with van der Waals surface area (Å²) in [5, 5.41) is 2.79. The van der Waals surface area contributed by atoms with E-state index in [0.29, 0.717) is 13.1 Å². The Balaban J connectivity index is 3.19. The fourth-order valence-corrected chi connectivity index (χ4v) is 0.547. The SMILES string of the molecule is CC#CCNCCC(C)(F)F. The van der Waals surface area contributed by atoms with E-state index in [-0.39, 0.29) is 6.42 Å². The highest BCUT2D eigenvalue weighted by atomic mass is 19.3. The van der Waals surface area contributed by atoms with Gasteiger partial charge in [0, 0.05) is 13.0 Å². The van der Waals surface area contributed by atoms with Crippen LogP contribution in [0.3, 0.4) is 0 Å². The molecule has 0 aromatic heterocycles. The van der Waals surface area contributed by atoms with Gasteiger partial charge in [-0.05, 0) is 13.8 Å². The Hall–Kier alpha value is -0.620. The molecule has 1 nitrogen and oxygen atoms in total. The highest BCUT2D eigenvalue weighted by molar-refractivity contribution is 4.96. The first kappa shape index (κ1) is 10.4. The number of hydrogen-bond donors (Lipinski definition) is 1. The quantitative estimate of drug-likeness (QED) is 0.488. The zero-order valence-corrected chi connectivity index (χ0v) is 6.88. The maximum atomic E-state index is 12.2. The molecule has 0 aliphatic rings. The molecular formula is C8H13F2N. The lowest BCUT2D eigenvalue weighted by Crippen LogP contribution is -2.22. The van der Waals surface area contributed by atoms with Crippen molar-refractivity contribution in [2.24, 2.45) is 0 Å². The number of alkyl halides is 2. The molecule has 64 valence electrons. The molecular weight excluding hydrogens is 148 g/mol. The van der Waals surface area contributed by atoms with Crippen molar-refractivity contribution in [1.29, 1.82) is 0 Å². The van der Waals surface area contributed by atoms with Gasteiger partial charge in [-0.15, -0.1) is 5.92 Å². The first-order chi connectivity index (χ1) is 5.06. The Labute approximate surface area is 66.2 Å². The minimum atomic E-state index is -2.56. The average molecular weight is 161 g/mol. The van der Waals surface area contributed by atoms with Gasteiger partial charge in [-0.1, -0.05) is 5.92 Å². The third-order valence-corrected chi connectivity index (χ3v) is 1.13. The maximum Gasteiger partial charge on any atom is 0.246 e. The molecule has 0 saturated carbocycles. The Kier molecular flexibility index (Phi) is 4.80. The summed E-state index contributed by atoms with van der Waals surface area (Å²) >= 11 is 0. The standard InChI is InChI=1S/C8H13F2N/c1-3-4-6-11-7-5-8(2,9)10/h11H,5-7H2,1-2H3. The van der Waals surface area contributed by atoms with E-state index in [1.807, 2.05) is 0 Å². The van der Waals surface area contributed by atoms with Gasteiger partial charge in [0.05, 0.1) is 6.54 Å². The molecule has 11 heavy (non-hydrogen) atoms. The van der Waals surface area contributed by atoms with Crippen LogP contribution in [0, 0.1) is 11.8 Å². The zero-order valence-electron chi connectivity index (χ0n) is 6.88. The van der Waals surface area contributed by atoms with Crippen LogP contribution in [0.15, 0.2) is 0 Å². The number of hydrogen-bond acceptors (Lipinski definition) is 1. The molecule has 3 heteroatoms. The average Bonchev–Trinajstić information content (AvgIpc) is 1.85. The van der Waals surface area contributed by atoms with Crippen LogP contribution >= 0.6 is 0 Å². The van der Waals surface area contributed by atoms with Gasteiger partial charge in [0.1, 0.15) is 0 Å². The van der Waals surface area contributed by atoms with E-state index in [0.717, 1.165) is 6.92 Å². The number of halogens is 2. The molecule has 0 fully saturated rings. The van der Waals surface area contributed by atoms with Crippen molar-refractivity contribution in [3.63, 3.8) is 0 Å². The normalized spacial score (nSPS) is 10.5. The van der Waals surface area contributed by atoms with Crippen LogP contribution in [0.1, 0.15) is 20.3 Å². The van der Waals surface area contributed by atoms with Crippen molar-refractivity contribution in [3.05, 3.63) is 0 Å². The Bertz CT molecular complexity index is 150. The predicted octanol–water partition coefficient (Wildman–Crippen LogP) is 1.64. The maximum absolute atomic E-state index is 12.2. The van der Waals surface area contributed by atoms with Gasteiger partial charge in [-0.3, -0.25) is 0 Å². The van der Waals surface area contributed by atoms with Gasteiger partial charge in [0.2, 0.25) is 5.92 Å². The third kappa shape index (κ3) is 9.38. The lowest BCUT2D eigenvalue weighted by molar-refractivity contribution is 0.0137. The third-order valence-electron chi connectivity index (χ3n) is 1.13.